The van der Waals surface area contributed by atoms with Gasteiger partial charge in [0.05, 0.1) is 7.11 Å². The molecule has 2 aromatic rings. The summed E-state index contributed by atoms with van der Waals surface area (Å²) < 4.78 is 5.52. The number of benzene rings is 2. The largest absolute Gasteiger partial charge is 0.497 e. The summed E-state index contributed by atoms with van der Waals surface area (Å²) in [6, 6.07) is 15.1. The number of rotatable bonds is 2. The van der Waals surface area contributed by atoms with Crippen LogP contribution < -0.4 is 10.5 Å². The van der Waals surface area contributed by atoms with Crippen molar-refractivity contribution in [1.29, 1.82) is 5.41 Å². The van der Waals surface area contributed by atoms with Crippen LogP contribution in [-0.4, -0.2) is 31.1 Å². The number of piperidine rings is 1. The van der Waals surface area contributed by atoms with E-state index in [1.807, 2.05) is 11.0 Å². The van der Waals surface area contributed by atoms with Crippen LogP contribution >= 0.6 is 0 Å². The summed E-state index contributed by atoms with van der Waals surface area (Å²) in [5.74, 6) is 1.95. The van der Waals surface area contributed by atoms with Crippen molar-refractivity contribution in [1.82, 2.24) is 4.90 Å². The maximum atomic E-state index is 7.70. The second kappa shape index (κ2) is 6.87. The Bertz CT molecular complexity index is 850. The first kappa shape index (κ1) is 16.7. The maximum Gasteiger partial charge on any atom is 0.188 e. The molecule has 3 N–H and O–H groups in total. The van der Waals surface area contributed by atoms with Crippen molar-refractivity contribution in [2.45, 2.75) is 18.8 Å². The van der Waals surface area contributed by atoms with Gasteiger partial charge in [0.2, 0.25) is 0 Å². The van der Waals surface area contributed by atoms with Gasteiger partial charge in [-0.3, -0.25) is 5.41 Å². The van der Waals surface area contributed by atoms with Gasteiger partial charge in [-0.2, -0.15) is 0 Å². The van der Waals surface area contributed by atoms with Gasteiger partial charge < -0.3 is 15.4 Å². The Kier molecular flexibility index (Phi) is 4.41. The van der Waals surface area contributed by atoms with Gasteiger partial charge in [0.1, 0.15) is 5.75 Å². The van der Waals surface area contributed by atoms with Gasteiger partial charge >= 0.3 is 0 Å². The lowest BCUT2D eigenvalue weighted by atomic mass is 9.74. The number of nitrogens with two attached hydrogens (primary N) is 1. The molecule has 0 amide bonds. The second-order valence-corrected chi connectivity index (χ2v) is 7.14. The number of guanidine groups is 1. The average molecular weight is 347 g/mol. The van der Waals surface area contributed by atoms with Crippen molar-refractivity contribution >= 4 is 18.1 Å². The van der Waals surface area contributed by atoms with Crippen LogP contribution in [0.1, 0.15) is 41.0 Å². The molecular formula is C22H25N3O. The van der Waals surface area contributed by atoms with E-state index in [0.717, 1.165) is 31.7 Å². The molecule has 1 aliphatic carbocycles. The zero-order valence-electron chi connectivity index (χ0n) is 15.1. The molecule has 2 aromatic carbocycles. The Morgan fingerprint density at radius 1 is 1.04 bits per heavy atom. The molecule has 26 heavy (non-hydrogen) atoms. The molecule has 0 saturated carbocycles. The smallest absolute Gasteiger partial charge is 0.188 e. The number of fused-ring (bicyclic) bond motifs is 2. The summed E-state index contributed by atoms with van der Waals surface area (Å²) in [7, 11) is 1.72. The molecule has 1 aliphatic heterocycles. The lowest BCUT2D eigenvalue weighted by Gasteiger charge is -2.37. The number of likely N-dealkylation sites (tertiary alicyclic amines) is 1. The highest BCUT2D eigenvalue weighted by Crippen LogP contribution is 2.44. The molecule has 0 spiro atoms. The molecule has 1 unspecified atom stereocenters. The van der Waals surface area contributed by atoms with Crippen molar-refractivity contribution in [3.63, 3.8) is 0 Å². The number of nitrogens with zero attached hydrogens (tertiary/aromatic N) is 1. The van der Waals surface area contributed by atoms with Crippen LogP contribution in [0.15, 0.2) is 42.5 Å². The fraction of sp³-hybridized carbons (Fsp3) is 0.318. The molecular weight excluding hydrogens is 322 g/mol. The number of ether oxygens (including phenoxy) is 1. The number of methoxy groups -OCH3 is 1. The van der Waals surface area contributed by atoms with Crippen molar-refractivity contribution < 1.29 is 4.74 Å². The fourth-order valence-electron chi connectivity index (χ4n) is 4.38. The van der Waals surface area contributed by atoms with Crippen LogP contribution in [-0.2, 0) is 0 Å². The molecule has 4 nitrogen and oxygen atoms in total. The summed E-state index contributed by atoms with van der Waals surface area (Å²) in [6.45, 7) is 1.71. The predicted octanol–water partition coefficient (Wildman–Crippen LogP) is 3.92. The number of nitrogens with one attached hydrogen (secondary N) is 1. The highest BCUT2D eigenvalue weighted by molar-refractivity contribution is 5.77. The van der Waals surface area contributed by atoms with Crippen molar-refractivity contribution in [2.24, 2.45) is 11.7 Å². The molecule has 1 fully saturated rings. The topological polar surface area (TPSA) is 62.3 Å². The summed E-state index contributed by atoms with van der Waals surface area (Å²) >= 11 is 0. The van der Waals surface area contributed by atoms with E-state index in [-0.39, 0.29) is 5.96 Å². The van der Waals surface area contributed by atoms with Crippen LogP contribution in [0, 0.1) is 11.3 Å². The highest BCUT2D eigenvalue weighted by Gasteiger charge is 2.32. The normalized spacial score (nSPS) is 19.4. The Morgan fingerprint density at radius 2 is 1.73 bits per heavy atom. The van der Waals surface area contributed by atoms with Crippen LogP contribution in [0.2, 0.25) is 0 Å². The van der Waals surface area contributed by atoms with Gasteiger partial charge in [0.25, 0.3) is 0 Å². The van der Waals surface area contributed by atoms with Crippen molar-refractivity contribution in [3.8, 4) is 5.75 Å². The average Bonchev–Trinajstić information content (AvgIpc) is 2.84. The van der Waals surface area contributed by atoms with Crippen LogP contribution in [0.3, 0.4) is 0 Å². The van der Waals surface area contributed by atoms with Gasteiger partial charge in [0.15, 0.2) is 5.96 Å². The van der Waals surface area contributed by atoms with Crippen molar-refractivity contribution in [3.05, 3.63) is 64.7 Å². The summed E-state index contributed by atoms with van der Waals surface area (Å²) in [4.78, 5) is 1.98. The minimum absolute atomic E-state index is 0.188. The maximum absolute atomic E-state index is 7.70. The van der Waals surface area contributed by atoms with E-state index in [1.54, 1.807) is 7.11 Å². The molecule has 134 valence electrons. The Hall–Kier alpha value is -2.75. The van der Waals surface area contributed by atoms with E-state index in [2.05, 4.69) is 48.6 Å². The van der Waals surface area contributed by atoms with Crippen LogP contribution in [0.4, 0.5) is 0 Å². The van der Waals surface area contributed by atoms with Gasteiger partial charge in [0, 0.05) is 19.0 Å². The first-order valence-electron chi connectivity index (χ1n) is 9.21. The van der Waals surface area contributed by atoms with E-state index in [0.29, 0.717) is 11.8 Å². The van der Waals surface area contributed by atoms with Gasteiger partial charge in [-0.05, 0) is 53.1 Å². The Labute approximate surface area is 154 Å². The minimum Gasteiger partial charge on any atom is -0.497 e. The summed E-state index contributed by atoms with van der Waals surface area (Å²) in [5.41, 5.74) is 11.0. The van der Waals surface area contributed by atoms with Crippen molar-refractivity contribution in [2.75, 3.05) is 20.2 Å². The zero-order chi connectivity index (χ0) is 18.1. The Morgan fingerprint density at radius 3 is 2.42 bits per heavy atom. The molecule has 1 heterocycles. The SMILES string of the molecule is COc1ccc2c(c1)C(C1CCN(C(=N)N)CC1)c1ccccc1C=C2. The molecule has 0 bridgehead atoms. The molecule has 1 saturated heterocycles. The fourth-order valence-corrected chi connectivity index (χ4v) is 4.38. The first-order chi connectivity index (χ1) is 12.7. The lowest BCUT2D eigenvalue weighted by molar-refractivity contribution is 0.246. The van der Waals surface area contributed by atoms with E-state index in [9.17, 15) is 0 Å². The summed E-state index contributed by atoms with van der Waals surface area (Å²) in [6.07, 6.45) is 6.52. The van der Waals surface area contributed by atoms with Gasteiger partial charge in [-0.25, -0.2) is 0 Å². The minimum atomic E-state index is 0.188. The van der Waals surface area contributed by atoms with E-state index >= 15 is 0 Å². The van der Waals surface area contributed by atoms with Gasteiger partial charge in [-0.15, -0.1) is 0 Å². The molecule has 1 atom stereocenters. The number of hydrogen-bond acceptors (Lipinski definition) is 2. The monoisotopic (exact) mass is 347 g/mol. The summed E-state index contributed by atoms with van der Waals surface area (Å²) in [5, 5.41) is 7.70. The standard InChI is InChI=1S/C22H25N3O/c1-26-18-9-8-16-7-6-15-4-2-3-5-19(15)21(20(16)14-18)17-10-12-25(13-11-17)22(23)24/h2-9,14,17,21H,10-13H2,1H3,(H3,23,24). The molecule has 4 heteroatoms. The highest BCUT2D eigenvalue weighted by atomic mass is 16.5. The zero-order valence-corrected chi connectivity index (χ0v) is 15.1. The predicted molar refractivity (Wildman–Crippen MR) is 106 cm³/mol. The number of hydrogen-bond donors (Lipinski definition) is 2. The first-order valence-corrected chi connectivity index (χ1v) is 9.21. The van der Waals surface area contributed by atoms with E-state index < -0.39 is 0 Å². The van der Waals surface area contributed by atoms with E-state index in [4.69, 9.17) is 15.9 Å². The van der Waals surface area contributed by atoms with Crippen LogP contribution in [0.5, 0.6) is 5.75 Å². The quantitative estimate of drug-likeness (QED) is 0.639. The molecule has 0 aromatic heterocycles. The molecule has 4 rings (SSSR count). The lowest BCUT2D eigenvalue weighted by Crippen LogP contribution is -2.43. The third-order valence-electron chi connectivity index (χ3n) is 5.75. The third kappa shape index (κ3) is 2.96. The molecule has 2 aliphatic rings. The Balaban J connectivity index is 1.77. The second-order valence-electron chi connectivity index (χ2n) is 7.14. The molecule has 0 radical (unpaired) electrons. The third-order valence-corrected chi connectivity index (χ3v) is 5.75. The van der Waals surface area contributed by atoms with Crippen LogP contribution in [0.25, 0.3) is 12.2 Å². The van der Waals surface area contributed by atoms with Gasteiger partial charge in [-0.1, -0.05) is 42.5 Å². The van der Waals surface area contributed by atoms with E-state index in [1.165, 1.54) is 22.3 Å².